The number of aryl methyl sites for hydroxylation is 4. The molecule has 0 N–H and O–H groups in total. The van der Waals surface area contributed by atoms with Gasteiger partial charge in [-0.3, -0.25) is 0 Å². The number of hydrogen-bond acceptors (Lipinski definition) is 3. The molecule has 164 valence electrons. The Morgan fingerprint density at radius 2 is 1.07 bits per heavy atom. The van der Waals surface area contributed by atoms with Crippen LogP contribution in [0.15, 0.2) is 36.4 Å². The Kier molecular flexibility index (Phi) is 10.5. The molecule has 0 aromatic heterocycles. The Morgan fingerprint density at radius 3 is 1.43 bits per heavy atom. The Labute approximate surface area is 182 Å². The Morgan fingerprint density at radius 1 is 0.633 bits per heavy atom. The topological polar surface area (TPSA) is 35.5 Å². The second-order valence-electron chi connectivity index (χ2n) is 8.05. The van der Waals surface area contributed by atoms with E-state index in [4.69, 9.17) is 9.47 Å². The van der Waals surface area contributed by atoms with Gasteiger partial charge in [0.15, 0.2) is 0 Å². The summed E-state index contributed by atoms with van der Waals surface area (Å²) in [6.45, 7) is 8.69. The van der Waals surface area contributed by atoms with Gasteiger partial charge in [0.1, 0.15) is 11.5 Å². The highest BCUT2D eigenvalue weighted by Gasteiger charge is 2.15. The van der Waals surface area contributed by atoms with Gasteiger partial charge in [-0.05, 0) is 72.9 Å². The van der Waals surface area contributed by atoms with Crippen molar-refractivity contribution in [2.24, 2.45) is 0 Å². The van der Waals surface area contributed by atoms with Crippen LogP contribution < -0.4 is 9.47 Å². The van der Waals surface area contributed by atoms with Gasteiger partial charge in [0.2, 0.25) is 0 Å². The van der Waals surface area contributed by atoms with Gasteiger partial charge in [-0.1, -0.05) is 77.6 Å². The van der Waals surface area contributed by atoms with E-state index in [-0.39, 0.29) is 0 Å². The van der Waals surface area contributed by atoms with Gasteiger partial charge in [0.05, 0.1) is 0 Å². The molecule has 0 unspecified atom stereocenters. The third-order valence-electron chi connectivity index (χ3n) is 5.31. The monoisotopic (exact) mass is 410 g/mol. The van der Waals surface area contributed by atoms with E-state index in [2.05, 4.69) is 39.8 Å². The molecule has 0 saturated heterocycles. The molecule has 0 saturated carbocycles. The van der Waals surface area contributed by atoms with E-state index in [1.54, 1.807) is 0 Å². The number of carbonyl (C=O) groups is 1. The smallest absolute Gasteiger partial charge is 0.394 e. The van der Waals surface area contributed by atoms with Gasteiger partial charge < -0.3 is 9.47 Å². The van der Waals surface area contributed by atoms with Crippen LogP contribution in [0.4, 0.5) is 4.79 Å². The maximum Gasteiger partial charge on any atom is 0.519 e. The Hall–Kier alpha value is -2.29. The van der Waals surface area contributed by atoms with Crippen molar-refractivity contribution in [2.45, 2.75) is 91.9 Å². The lowest BCUT2D eigenvalue weighted by molar-refractivity contribution is 0.151. The van der Waals surface area contributed by atoms with Gasteiger partial charge >= 0.3 is 6.16 Å². The average molecular weight is 411 g/mol. The molecule has 0 aliphatic heterocycles. The highest BCUT2D eigenvalue weighted by molar-refractivity contribution is 5.68. The molecule has 30 heavy (non-hydrogen) atoms. The van der Waals surface area contributed by atoms with Crippen molar-refractivity contribution in [3.05, 3.63) is 58.7 Å². The van der Waals surface area contributed by atoms with Crippen molar-refractivity contribution in [1.82, 2.24) is 0 Å². The van der Waals surface area contributed by atoms with E-state index >= 15 is 0 Å². The summed E-state index contributed by atoms with van der Waals surface area (Å²) in [5.41, 5.74) is 4.75. The minimum absolute atomic E-state index is 0.617. The maximum absolute atomic E-state index is 12.6. The number of unbranched alkanes of at least 4 members (excludes halogenated alkanes) is 2. The molecule has 2 aromatic carbocycles. The zero-order valence-corrected chi connectivity index (χ0v) is 19.3. The number of benzene rings is 2. The molecular formula is C27H38O3. The summed E-state index contributed by atoms with van der Waals surface area (Å²) in [7, 11) is 0. The largest absolute Gasteiger partial charge is 0.519 e. The Bertz CT molecular complexity index is 729. The first kappa shape index (κ1) is 24.0. The summed E-state index contributed by atoms with van der Waals surface area (Å²) in [5, 5.41) is 0. The number of rotatable bonds is 12. The van der Waals surface area contributed by atoms with Crippen LogP contribution in [0.2, 0.25) is 0 Å². The van der Waals surface area contributed by atoms with E-state index in [1.165, 1.54) is 11.1 Å². The lowest BCUT2D eigenvalue weighted by atomic mass is 10.0. The zero-order chi connectivity index (χ0) is 21.8. The van der Waals surface area contributed by atoms with Crippen molar-refractivity contribution in [1.29, 1.82) is 0 Å². The summed E-state index contributed by atoms with van der Waals surface area (Å²) in [4.78, 5) is 12.6. The quantitative estimate of drug-likeness (QED) is 0.264. The fourth-order valence-corrected chi connectivity index (χ4v) is 3.68. The van der Waals surface area contributed by atoms with Gasteiger partial charge in [0, 0.05) is 0 Å². The number of hydrogen-bond donors (Lipinski definition) is 0. The van der Waals surface area contributed by atoms with E-state index < -0.39 is 6.16 Å². The number of carbonyl (C=O) groups excluding carboxylic acids is 1. The summed E-state index contributed by atoms with van der Waals surface area (Å²) in [5.74, 6) is 1.23. The van der Waals surface area contributed by atoms with E-state index in [0.717, 1.165) is 75.3 Å². The van der Waals surface area contributed by atoms with Crippen LogP contribution >= 0.6 is 0 Å². The highest BCUT2D eigenvalue weighted by atomic mass is 16.7. The van der Waals surface area contributed by atoms with Gasteiger partial charge in [-0.2, -0.15) is 0 Å². The molecule has 0 fully saturated rings. The second kappa shape index (κ2) is 13.1. The molecule has 0 spiro atoms. The van der Waals surface area contributed by atoms with Crippen LogP contribution in [0.3, 0.4) is 0 Å². The van der Waals surface area contributed by atoms with E-state index in [9.17, 15) is 4.79 Å². The normalized spacial score (nSPS) is 10.8. The first-order chi connectivity index (χ1) is 14.6. The van der Waals surface area contributed by atoms with E-state index in [1.807, 2.05) is 24.3 Å². The maximum atomic E-state index is 12.6. The van der Waals surface area contributed by atoms with E-state index in [0.29, 0.717) is 11.5 Å². The van der Waals surface area contributed by atoms with Gasteiger partial charge in [-0.25, -0.2) is 4.79 Å². The predicted molar refractivity (Wildman–Crippen MR) is 125 cm³/mol. The van der Waals surface area contributed by atoms with Crippen LogP contribution in [0.1, 0.15) is 88.5 Å². The van der Waals surface area contributed by atoms with Crippen LogP contribution in [-0.2, 0) is 25.7 Å². The van der Waals surface area contributed by atoms with Gasteiger partial charge in [-0.15, -0.1) is 0 Å². The van der Waals surface area contributed by atoms with Crippen molar-refractivity contribution >= 4 is 6.16 Å². The van der Waals surface area contributed by atoms with Crippen molar-refractivity contribution < 1.29 is 14.3 Å². The molecule has 0 heterocycles. The lowest BCUT2D eigenvalue weighted by Crippen LogP contribution is -2.16. The summed E-state index contributed by atoms with van der Waals surface area (Å²) in [6, 6.07) is 12.3. The molecule has 0 radical (unpaired) electrons. The van der Waals surface area contributed by atoms with Crippen molar-refractivity contribution in [3.63, 3.8) is 0 Å². The molecule has 0 bridgehead atoms. The van der Waals surface area contributed by atoms with Crippen LogP contribution in [0.25, 0.3) is 0 Å². The predicted octanol–water partition coefficient (Wildman–Crippen LogP) is 7.85. The van der Waals surface area contributed by atoms with Crippen LogP contribution in [0, 0.1) is 0 Å². The number of ether oxygens (including phenoxy) is 2. The first-order valence-electron chi connectivity index (χ1n) is 11.7. The molecule has 3 nitrogen and oxygen atoms in total. The van der Waals surface area contributed by atoms with Crippen molar-refractivity contribution in [2.75, 3.05) is 0 Å². The molecule has 0 amide bonds. The highest BCUT2D eigenvalue weighted by Crippen LogP contribution is 2.26. The van der Waals surface area contributed by atoms with Gasteiger partial charge in [0.25, 0.3) is 0 Å². The third kappa shape index (κ3) is 7.51. The fraction of sp³-hybridized carbons (Fsp3) is 0.519. The van der Waals surface area contributed by atoms with Crippen molar-refractivity contribution in [3.8, 4) is 11.5 Å². The SMILES string of the molecule is CCCCc1cc(CCC)ccc1OC(=O)Oc1ccc(CCC)cc1CCCC. The first-order valence-corrected chi connectivity index (χ1v) is 11.7. The molecule has 2 aromatic rings. The minimum Gasteiger partial charge on any atom is -0.394 e. The standard InChI is InChI=1S/C27H38O3/c1-5-9-13-23-19-21(11-7-3)15-17-25(23)29-27(28)30-26-18-16-22(12-8-4)20-24(26)14-10-6-2/h15-20H,5-14H2,1-4H3. The molecule has 0 atom stereocenters. The summed E-state index contributed by atoms with van der Waals surface area (Å²) in [6.07, 6.45) is 9.78. The zero-order valence-electron chi connectivity index (χ0n) is 19.3. The second-order valence-corrected chi connectivity index (χ2v) is 8.05. The molecule has 0 aliphatic carbocycles. The summed E-state index contributed by atoms with van der Waals surface area (Å²) >= 11 is 0. The molecule has 3 heteroatoms. The van der Waals surface area contributed by atoms with Crippen LogP contribution in [0.5, 0.6) is 11.5 Å². The third-order valence-corrected chi connectivity index (χ3v) is 5.31. The van der Waals surface area contributed by atoms with Crippen LogP contribution in [-0.4, -0.2) is 6.16 Å². The average Bonchev–Trinajstić information content (AvgIpc) is 2.74. The molecule has 0 aliphatic rings. The molecule has 2 rings (SSSR count). The lowest BCUT2D eigenvalue weighted by Gasteiger charge is -2.14. The Balaban J connectivity index is 2.16. The fourth-order valence-electron chi connectivity index (χ4n) is 3.68. The minimum atomic E-state index is -0.656. The molecular weight excluding hydrogens is 372 g/mol. The summed E-state index contributed by atoms with van der Waals surface area (Å²) < 4.78 is 11.3.